The maximum atomic E-state index is 6.50. The molecule has 0 heterocycles. The van der Waals surface area contributed by atoms with Gasteiger partial charge in [0.1, 0.15) is 0 Å². The normalized spacial score (nSPS) is 7.00. The van der Waals surface area contributed by atoms with Crippen LogP contribution in [0.15, 0.2) is 0 Å². The second-order valence-electron chi connectivity index (χ2n) is 2.00. The van der Waals surface area contributed by atoms with Crippen LogP contribution in [0.3, 0.4) is 0 Å². The molecule has 0 amide bonds. The number of hydrogen-bond donors (Lipinski definition) is 1. The van der Waals surface area contributed by atoms with Gasteiger partial charge >= 0.3 is 0 Å². The van der Waals surface area contributed by atoms with E-state index in [2.05, 4.69) is 13.8 Å². The van der Waals surface area contributed by atoms with Gasteiger partial charge in [-0.15, -0.1) is 0 Å². The first-order valence-corrected chi connectivity index (χ1v) is 3.16. The quantitative estimate of drug-likeness (QED) is 0.508. The third-order valence-corrected chi connectivity index (χ3v) is 0.500. The first-order chi connectivity index (χ1) is 3.65. The van der Waals surface area contributed by atoms with E-state index >= 15 is 0 Å². The van der Waals surface area contributed by atoms with Gasteiger partial charge in [-0.2, -0.15) is 0 Å². The van der Waals surface area contributed by atoms with Gasteiger partial charge in [0.05, 0.1) is 0 Å². The van der Waals surface area contributed by atoms with Gasteiger partial charge in [-0.25, -0.2) is 0 Å². The number of unbranched alkanes of at least 4 members (excludes halogenated alkanes) is 1. The van der Waals surface area contributed by atoms with Crippen molar-refractivity contribution in [3.05, 3.63) is 0 Å². The highest BCUT2D eigenvalue weighted by atomic mass is 14.3. The molecule has 0 saturated heterocycles. The maximum Gasteiger partial charge on any atom is 0.00272 e. The molecule has 0 bridgehead atoms. The van der Waals surface area contributed by atoms with Gasteiger partial charge in [0.25, 0.3) is 0 Å². The Labute approximate surface area is 52.6 Å². The van der Waals surface area contributed by atoms with Crippen LogP contribution in [0.25, 0.3) is 0 Å². The summed E-state index contributed by atoms with van der Waals surface area (Å²) in [6.45, 7) is 7.86. The molecule has 0 aromatic carbocycles. The average molecular weight is 115 g/mol. The van der Waals surface area contributed by atoms with E-state index in [-0.39, 0.29) is 0 Å². The Hall–Kier alpha value is -0.330. The van der Waals surface area contributed by atoms with Crippen LogP contribution in [-0.2, 0) is 0 Å². The summed E-state index contributed by atoms with van der Waals surface area (Å²) in [7, 11) is 0. The molecule has 0 atom stereocenters. The summed E-state index contributed by atoms with van der Waals surface area (Å²) >= 11 is 0. The molecular weight excluding hydrogens is 98.1 g/mol. The lowest BCUT2D eigenvalue weighted by atomic mass is 10.4. The van der Waals surface area contributed by atoms with Crippen molar-refractivity contribution in [2.75, 3.05) is 0 Å². The molecule has 0 aromatic heterocycles. The minimum Gasteiger partial charge on any atom is -0.310 e. The average Bonchev–Trinajstić information content (AvgIpc) is 1.65. The molecule has 0 fully saturated rings. The fraction of sp³-hybridized carbons (Fsp3) is 0.857. The van der Waals surface area contributed by atoms with Crippen LogP contribution < -0.4 is 0 Å². The summed E-state index contributed by atoms with van der Waals surface area (Å²) in [4.78, 5) is 0. The molecule has 50 valence electrons. The van der Waals surface area contributed by atoms with Crippen LogP contribution >= 0.6 is 0 Å². The molecular formula is C7H17N. The predicted octanol–water partition coefficient (Wildman–Crippen LogP) is 2.85. The molecule has 0 aliphatic carbocycles. The first-order valence-electron chi connectivity index (χ1n) is 3.16. The molecule has 1 N–H and O–H groups in total. The summed E-state index contributed by atoms with van der Waals surface area (Å²) in [6, 6.07) is 0. The predicted molar refractivity (Wildman–Crippen MR) is 39.7 cm³/mol. The van der Waals surface area contributed by atoms with Crippen LogP contribution in [-0.4, -0.2) is 5.71 Å². The fourth-order valence-corrected chi connectivity index (χ4v) is 0. The monoisotopic (exact) mass is 115 g/mol. The van der Waals surface area contributed by atoms with E-state index in [1.54, 1.807) is 13.8 Å². The lowest BCUT2D eigenvalue weighted by molar-refractivity contribution is 0.886. The van der Waals surface area contributed by atoms with Crippen LogP contribution in [0.4, 0.5) is 0 Å². The van der Waals surface area contributed by atoms with Gasteiger partial charge in [0.15, 0.2) is 0 Å². The van der Waals surface area contributed by atoms with Crippen molar-refractivity contribution in [3.63, 3.8) is 0 Å². The lowest BCUT2D eigenvalue weighted by Gasteiger charge is -1.68. The van der Waals surface area contributed by atoms with Crippen molar-refractivity contribution >= 4 is 5.71 Å². The van der Waals surface area contributed by atoms with Crippen molar-refractivity contribution in [2.45, 2.75) is 40.5 Å². The van der Waals surface area contributed by atoms with Gasteiger partial charge in [-0.3, -0.25) is 0 Å². The Kier molecular flexibility index (Phi) is 13.0. The molecule has 0 rings (SSSR count). The Morgan fingerprint density at radius 3 is 1.25 bits per heavy atom. The second kappa shape index (κ2) is 9.83. The highest BCUT2D eigenvalue weighted by molar-refractivity contribution is 5.75. The van der Waals surface area contributed by atoms with Crippen LogP contribution in [0.2, 0.25) is 0 Å². The van der Waals surface area contributed by atoms with Gasteiger partial charge in [-0.05, 0) is 13.8 Å². The molecule has 0 aliphatic rings. The number of nitrogens with one attached hydrogen (secondary N) is 1. The molecule has 1 nitrogen and oxygen atoms in total. The molecule has 0 radical (unpaired) electrons. The van der Waals surface area contributed by atoms with E-state index < -0.39 is 0 Å². The smallest absolute Gasteiger partial charge is 0.00272 e. The van der Waals surface area contributed by atoms with E-state index in [9.17, 15) is 0 Å². The number of rotatable bonds is 1. The van der Waals surface area contributed by atoms with Crippen molar-refractivity contribution in [2.24, 2.45) is 0 Å². The zero-order chi connectivity index (χ0) is 6.99. The van der Waals surface area contributed by atoms with Gasteiger partial charge in [0.2, 0.25) is 0 Å². The van der Waals surface area contributed by atoms with Crippen LogP contribution in [0, 0.1) is 5.41 Å². The van der Waals surface area contributed by atoms with Gasteiger partial charge in [-0.1, -0.05) is 26.7 Å². The highest BCUT2D eigenvalue weighted by Crippen LogP contribution is 1.76. The summed E-state index contributed by atoms with van der Waals surface area (Å²) in [5.41, 5.74) is 0.667. The minimum atomic E-state index is 0.667. The Balaban J connectivity index is 0. The standard InChI is InChI=1S/C4H10.C3H7N/c1-3-4-2;1-3(2)4/h3-4H2,1-2H3;4H,1-2H3. The van der Waals surface area contributed by atoms with Crippen LogP contribution in [0.1, 0.15) is 40.5 Å². The molecule has 0 spiro atoms. The summed E-state index contributed by atoms with van der Waals surface area (Å²) in [6.07, 6.45) is 2.64. The lowest BCUT2D eigenvalue weighted by Crippen LogP contribution is -1.67. The SMILES string of the molecule is CC(C)=N.CCCC. The third kappa shape index (κ3) is 275. The molecule has 1 heteroatoms. The number of hydrogen-bond acceptors (Lipinski definition) is 1. The molecule has 0 aliphatic heterocycles. The molecule has 0 unspecified atom stereocenters. The third-order valence-electron chi connectivity index (χ3n) is 0.500. The Morgan fingerprint density at radius 2 is 1.25 bits per heavy atom. The molecule has 8 heavy (non-hydrogen) atoms. The van der Waals surface area contributed by atoms with Crippen molar-refractivity contribution in [1.82, 2.24) is 0 Å². The van der Waals surface area contributed by atoms with Gasteiger partial charge in [0, 0.05) is 5.71 Å². The first kappa shape index (κ1) is 10.6. The van der Waals surface area contributed by atoms with E-state index in [1.807, 2.05) is 0 Å². The van der Waals surface area contributed by atoms with Crippen molar-refractivity contribution < 1.29 is 0 Å². The summed E-state index contributed by atoms with van der Waals surface area (Å²) < 4.78 is 0. The van der Waals surface area contributed by atoms with Crippen molar-refractivity contribution in [1.29, 1.82) is 5.41 Å². The topological polar surface area (TPSA) is 23.9 Å². The Morgan fingerprint density at radius 1 is 1.12 bits per heavy atom. The summed E-state index contributed by atoms with van der Waals surface area (Å²) in [5, 5.41) is 6.50. The second-order valence-corrected chi connectivity index (χ2v) is 2.00. The van der Waals surface area contributed by atoms with E-state index in [4.69, 9.17) is 5.41 Å². The molecule has 0 saturated carbocycles. The summed E-state index contributed by atoms with van der Waals surface area (Å²) in [5.74, 6) is 0. The molecule has 0 aromatic rings. The van der Waals surface area contributed by atoms with Gasteiger partial charge < -0.3 is 5.41 Å². The van der Waals surface area contributed by atoms with E-state index in [0.29, 0.717) is 5.71 Å². The maximum absolute atomic E-state index is 6.50. The van der Waals surface area contributed by atoms with Crippen molar-refractivity contribution in [3.8, 4) is 0 Å². The highest BCUT2D eigenvalue weighted by Gasteiger charge is 1.56. The Bertz CT molecular complexity index is 42.3. The minimum absolute atomic E-state index is 0.667. The zero-order valence-electron chi connectivity index (χ0n) is 6.41. The van der Waals surface area contributed by atoms with Crippen LogP contribution in [0.5, 0.6) is 0 Å². The van der Waals surface area contributed by atoms with E-state index in [0.717, 1.165) is 0 Å². The fourth-order valence-electron chi connectivity index (χ4n) is 0. The zero-order valence-corrected chi connectivity index (χ0v) is 6.41. The van der Waals surface area contributed by atoms with E-state index in [1.165, 1.54) is 12.8 Å². The largest absolute Gasteiger partial charge is 0.310 e.